The molecule has 1 fully saturated rings. The number of carbonyl (C=O) groups is 2. The van der Waals surface area contributed by atoms with Crippen LogP contribution in [0.5, 0.6) is 5.75 Å². The second-order valence-corrected chi connectivity index (χ2v) is 10.2. The minimum atomic E-state index is -0.209. The van der Waals surface area contributed by atoms with Crippen LogP contribution in [0.4, 0.5) is 10.8 Å². The van der Waals surface area contributed by atoms with E-state index in [0.717, 1.165) is 14.8 Å². The maximum Gasteiger partial charge on any atom is 0.257 e. The first kappa shape index (κ1) is 24.1. The van der Waals surface area contributed by atoms with Gasteiger partial charge >= 0.3 is 0 Å². The number of aromatic nitrogens is 1. The molecular formula is C24H26N4O4S2. The van der Waals surface area contributed by atoms with Crippen molar-refractivity contribution < 1.29 is 19.1 Å². The maximum atomic E-state index is 13.0. The highest BCUT2D eigenvalue weighted by molar-refractivity contribution is 8.01. The molecule has 1 aliphatic heterocycles. The number of nitrogens with one attached hydrogen (secondary N) is 1. The molecule has 4 rings (SSSR count). The van der Waals surface area contributed by atoms with E-state index in [1.54, 1.807) is 36.4 Å². The number of morpholine rings is 1. The van der Waals surface area contributed by atoms with Gasteiger partial charge < -0.3 is 19.3 Å². The minimum absolute atomic E-state index is 0.0693. The molecule has 178 valence electrons. The number of amides is 2. The van der Waals surface area contributed by atoms with Crippen LogP contribution in [0, 0.1) is 0 Å². The summed E-state index contributed by atoms with van der Waals surface area (Å²) >= 11 is 2.86. The number of anilines is 2. The fourth-order valence-electron chi connectivity index (χ4n) is 3.42. The van der Waals surface area contributed by atoms with E-state index in [1.165, 1.54) is 23.1 Å². The largest absolute Gasteiger partial charge is 0.496 e. The van der Waals surface area contributed by atoms with Crippen LogP contribution in [0.15, 0.2) is 57.8 Å². The zero-order valence-corrected chi connectivity index (χ0v) is 20.9. The van der Waals surface area contributed by atoms with E-state index in [0.29, 0.717) is 48.3 Å². The van der Waals surface area contributed by atoms with E-state index < -0.39 is 0 Å². The van der Waals surface area contributed by atoms with E-state index >= 15 is 0 Å². The van der Waals surface area contributed by atoms with E-state index in [4.69, 9.17) is 9.47 Å². The van der Waals surface area contributed by atoms with Crippen LogP contribution < -0.4 is 15.0 Å². The maximum absolute atomic E-state index is 13.0. The van der Waals surface area contributed by atoms with Gasteiger partial charge in [0.25, 0.3) is 11.8 Å². The molecule has 3 aromatic rings. The second kappa shape index (κ2) is 10.9. The van der Waals surface area contributed by atoms with Gasteiger partial charge in [-0.3, -0.25) is 14.9 Å². The Labute approximate surface area is 206 Å². The van der Waals surface area contributed by atoms with Gasteiger partial charge in [0, 0.05) is 43.3 Å². The fourth-order valence-corrected chi connectivity index (χ4v) is 5.30. The molecule has 0 spiro atoms. The van der Waals surface area contributed by atoms with Crippen LogP contribution in [0.3, 0.4) is 0 Å². The molecule has 0 unspecified atom stereocenters. The quantitative estimate of drug-likeness (QED) is 0.525. The van der Waals surface area contributed by atoms with Gasteiger partial charge in [-0.25, -0.2) is 4.98 Å². The van der Waals surface area contributed by atoms with Crippen LogP contribution in [0.2, 0.25) is 0 Å². The molecule has 10 heteroatoms. The van der Waals surface area contributed by atoms with Crippen molar-refractivity contribution >= 4 is 45.7 Å². The van der Waals surface area contributed by atoms with E-state index in [1.807, 2.05) is 43.3 Å². The molecule has 1 aliphatic rings. The highest BCUT2D eigenvalue weighted by Gasteiger charge is 2.22. The smallest absolute Gasteiger partial charge is 0.257 e. The molecule has 0 saturated carbocycles. The Morgan fingerprint density at radius 3 is 2.56 bits per heavy atom. The summed E-state index contributed by atoms with van der Waals surface area (Å²) in [5.41, 5.74) is 2.11. The summed E-state index contributed by atoms with van der Waals surface area (Å²) in [6, 6.07) is 12.9. The average molecular weight is 499 g/mol. The molecule has 8 nitrogen and oxygen atoms in total. The van der Waals surface area contributed by atoms with Crippen LogP contribution >= 0.6 is 23.1 Å². The van der Waals surface area contributed by atoms with Crippen molar-refractivity contribution in [3.8, 4) is 5.75 Å². The van der Waals surface area contributed by atoms with E-state index in [9.17, 15) is 9.59 Å². The number of hydrogen-bond acceptors (Lipinski definition) is 8. The van der Waals surface area contributed by atoms with Crippen molar-refractivity contribution in [1.29, 1.82) is 0 Å². The lowest BCUT2D eigenvalue weighted by atomic mass is 10.1. The Morgan fingerprint density at radius 1 is 1.15 bits per heavy atom. The number of methoxy groups -OCH3 is 1. The van der Waals surface area contributed by atoms with Gasteiger partial charge in [0.1, 0.15) is 5.75 Å². The Kier molecular flexibility index (Phi) is 7.71. The third kappa shape index (κ3) is 5.69. The van der Waals surface area contributed by atoms with Gasteiger partial charge in [0.05, 0.1) is 36.3 Å². The highest BCUT2D eigenvalue weighted by Crippen LogP contribution is 2.36. The number of rotatable bonds is 7. The van der Waals surface area contributed by atoms with Crippen LogP contribution in [0.1, 0.15) is 20.7 Å². The van der Waals surface area contributed by atoms with Crippen molar-refractivity contribution in [2.24, 2.45) is 0 Å². The molecule has 2 amide bonds. The predicted molar refractivity (Wildman–Crippen MR) is 135 cm³/mol. The molecule has 2 heterocycles. The summed E-state index contributed by atoms with van der Waals surface area (Å²) in [7, 11) is 5.47. The first-order valence-electron chi connectivity index (χ1n) is 10.7. The standard InChI is InChI=1S/C24H26N4O4S2/c1-27(2)17-6-4-16(5-7-17)22(29)26-24-25-15-21(34-24)33-18-8-9-20(31-3)19(14-18)23(30)28-10-12-32-13-11-28/h4-9,14-15H,10-13H2,1-3H3,(H,25,26,29). The van der Waals surface area contributed by atoms with Crippen LogP contribution in [-0.2, 0) is 4.74 Å². The minimum Gasteiger partial charge on any atom is -0.496 e. The lowest BCUT2D eigenvalue weighted by Crippen LogP contribution is -2.40. The molecule has 0 bridgehead atoms. The van der Waals surface area contributed by atoms with Crippen molar-refractivity contribution in [3.05, 3.63) is 59.8 Å². The number of benzene rings is 2. The number of carbonyl (C=O) groups excluding carboxylic acids is 2. The monoisotopic (exact) mass is 498 g/mol. The predicted octanol–water partition coefficient (Wildman–Crippen LogP) is 4.09. The zero-order valence-electron chi connectivity index (χ0n) is 19.2. The van der Waals surface area contributed by atoms with Crippen molar-refractivity contribution in [2.75, 3.05) is 57.7 Å². The number of hydrogen-bond donors (Lipinski definition) is 1. The Bertz CT molecular complexity index is 1160. The SMILES string of the molecule is COc1ccc(Sc2cnc(NC(=O)c3ccc(N(C)C)cc3)s2)cc1C(=O)N1CCOCC1. The van der Waals surface area contributed by atoms with Gasteiger partial charge in [-0.2, -0.15) is 0 Å². The van der Waals surface area contributed by atoms with E-state index in [2.05, 4.69) is 10.3 Å². The van der Waals surface area contributed by atoms with Gasteiger partial charge in [-0.1, -0.05) is 23.1 Å². The molecule has 0 atom stereocenters. The first-order chi connectivity index (χ1) is 16.4. The fraction of sp³-hybridized carbons (Fsp3) is 0.292. The molecule has 0 aliphatic carbocycles. The zero-order chi connectivity index (χ0) is 24.1. The third-order valence-electron chi connectivity index (χ3n) is 5.27. The summed E-state index contributed by atoms with van der Waals surface area (Å²) in [6.45, 7) is 2.21. The van der Waals surface area contributed by atoms with Crippen molar-refractivity contribution in [2.45, 2.75) is 9.10 Å². The molecular weight excluding hydrogens is 472 g/mol. The number of ether oxygens (including phenoxy) is 2. The van der Waals surface area contributed by atoms with Gasteiger partial charge in [-0.15, -0.1) is 0 Å². The summed E-state index contributed by atoms with van der Waals surface area (Å²) in [4.78, 5) is 34.6. The Balaban J connectivity index is 1.44. The molecule has 1 saturated heterocycles. The van der Waals surface area contributed by atoms with Crippen molar-refractivity contribution in [1.82, 2.24) is 9.88 Å². The molecule has 1 N–H and O–H groups in total. The van der Waals surface area contributed by atoms with Gasteiger partial charge in [0.2, 0.25) is 0 Å². The first-order valence-corrected chi connectivity index (χ1v) is 12.4. The molecule has 2 aromatic carbocycles. The average Bonchev–Trinajstić information content (AvgIpc) is 3.30. The topological polar surface area (TPSA) is 84.0 Å². The van der Waals surface area contributed by atoms with Gasteiger partial charge in [0.15, 0.2) is 5.13 Å². The summed E-state index contributed by atoms with van der Waals surface area (Å²) in [5, 5.41) is 3.37. The lowest BCUT2D eigenvalue weighted by molar-refractivity contribution is 0.0300. The highest BCUT2D eigenvalue weighted by atomic mass is 32.2. The Hall–Kier alpha value is -3.08. The second-order valence-electron chi connectivity index (χ2n) is 7.75. The summed E-state index contributed by atoms with van der Waals surface area (Å²) in [5.74, 6) is 0.262. The van der Waals surface area contributed by atoms with Crippen LogP contribution in [-0.4, -0.2) is 69.2 Å². The third-order valence-corrected chi connectivity index (χ3v) is 7.27. The van der Waals surface area contributed by atoms with Gasteiger partial charge in [-0.05, 0) is 42.5 Å². The summed E-state index contributed by atoms with van der Waals surface area (Å²) < 4.78 is 11.7. The normalized spacial score (nSPS) is 13.4. The van der Waals surface area contributed by atoms with Crippen molar-refractivity contribution in [3.63, 3.8) is 0 Å². The van der Waals surface area contributed by atoms with Crippen LogP contribution in [0.25, 0.3) is 0 Å². The lowest BCUT2D eigenvalue weighted by Gasteiger charge is -2.27. The summed E-state index contributed by atoms with van der Waals surface area (Å²) in [6.07, 6.45) is 1.72. The molecule has 34 heavy (non-hydrogen) atoms. The molecule has 0 radical (unpaired) electrons. The van der Waals surface area contributed by atoms with E-state index in [-0.39, 0.29) is 11.8 Å². The number of nitrogens with zero attached hydrogens (tertiary/aromatic N) is 3. The Morgan fingerprint density at radius 2 is 1.88 bits per heavy atom. The number of thiazole rings is 1. The molecule has 1 aromatic heterocycles.